The fraction of sp³-hybridized carbons (Fsp3) is 0.750. The van der Waals surface area contributed by atoms with Gasteiger partial charge in [-0.25, -0.2) is 4.98 Å². The molecule has 1 fully saturated rings. The Hall–Kier alpha value is -0.160. The van der Waals surface area contributed by atoms with Gasteiger partial charge in [-0.15, -0.1) is 23.7 Å². The van der Waals surface area contributed by atoms with Crippen LogP contribution >= 0.6 is 23.7 Å². The van der Waals surface area contributed by atoms with E-state index in [4.69, 9.17) is 10.7 Å². The van der Waals surface area contributed by atoms with Crippen molar-refractivity contribution in [3.8, 4) is 0 Å². The number of thiazole rings is 1. The molecule has 0 radical (unpaired) electrons. The molecule has 1 aromatic heterocycles. The first-order chi connectivity index (χ1) is 7.45. The molecule has 1 atom stereocenters. The van der Waals surface area contributed by atoms with E-state index in [0.29, 0.717) is 6.04 Å². The Labute approximate surface area is 114 Å². The molecular weight excluding hydrogens is 254 g/mol. The van der Waals surface area contributed by atoms with Crippen molar-refractivity contribution >= 4 is 23.7 Å². The first kappa shape index (κ1) is 14.9. The summed E-state index contributed by atoms with van der Waals surface area (Å²) in [5.74, 6) is 0. The molecule has 5 heteroatoms. The van der Waals surface area contributed by atoms with Crippen LogP contribution in [0.3, 0.4) is 0 Å². The van der Waals surface area contributed by atoms with E-state index in [1.165, 1.54) is 10.7 Å². The Kier molecular flexibility index (Phi) is 4.95. The van der Waals surface area contributed by atoms with Crippen LogP contribution in [-0.4, -0.2) is 29.0 Å². The number of halogens is 1. The molecule has 2 heterocycles. The first-order valence-electron chi connectivity index (χ1n) is 5.88. The van der Waals surface area contributed by atoms with E-state index < -0.39 is 0 Å². The van der Waals surface area contributed by atoms with Crippen molar-refractivity contribution in [3.05, 3.63) is 16.1 Å². The summed E-state index contributed by atoms with van der Waals surface area (Å²) in [5, 5.41) is 3.41. The minimum absolute atomic E-state index is 0. The highest BCUT2D eigenvalue weighted by atomic mass is 35.5. The molecule has 17 heavy (non-hydrogen) atoms. The predicted molar refractivity (Wildman–Crippen MR) is 75.9 cm³/mol. The predicted octanol–water partition coefficient (Wildman–Crippen LogP) is 2.40. The lowest BCUT2D eigenvalue weighted by Crippen LogP contribution is -2.26. The second-order valence-electron chi connectivity index (χ2n) is 5.68. The molecule has 1 aliphatic rings. The average molecular weight is 276 g/mol. The zero-order valence-corrected chi connectivity index (χ0v) is 12.4. The van der Waals surface area contributed by atoms with Gasteiger partial charge in [0.1, 0.15) is 0 Å². The molecule has 0 saturated carbocycles. The van der Waals surface area contributed by atoms with Crippen molar-refractivity contribution in [1.82, 2.24) is 9.88 Å². The van der Waals surface area contributed by atoms with E-state index >= 15 is 0 Å². The molecule has 0 spiro atoms. The van der Waals surface area contributed by atoms with Crippen LogP contribution in [0.1, 0.15) is 37.9 Å². The molecule has 98 valence electrons. The third kappa shape index (κ3) is 3.91. The van der Waals surface area contributed by atoms with Gasteiger partial charge in [0, 0.05) is 36.5 Å². The molecule has 2 rings (SSSR count). The van der Waals surface area contributed by atoms with Crippen molar-refractivity contribution in [2.24, 2.45) is 5.73 Å². The number of aromatic nitrogens is 1. The summed E-state index contributed by atoms with van der Waals surface area (Å²) in [6, 6.07) is 0.362. The molecule has 0 aliphatic carbocycles. The minimum Gasteiger partial charge on any atom is -0.326 e. The topological polar surface area (TPSA) is 42.2 Å². The van der Waals surface area contributed by atoms with E-state index in [1.54, 1.807) is 11.3 Å². The summed E-state index contributed by atoms with van der Waals surface area (Å²) in [7, 11) is 0. The van der Waals surface area contributed by atoms with E-state index in [9.17, 15) is 0 Å². The third-order valence-corrected chi connectivity index (χ3v) is 4.20. The van der Waals surface area contributed by atoms with Gasteiger partial charge >= 0.3 is 0 Å². The normalized spacial score (nSPS) is 21.5. The first-order valence-corrected chi connectivity index (χ1v) is 6.76. The van der Waals surface area contributed by atoms with Crippen molar-refractivity contribution < 1.29 is 0 Å². The van der Waals surface area contributed by atoms with Gasteiger partial charge in [0.05, 0.1) is 10.7 Å². The van der Waals surface area contributed by atoms with Crippen LogP contribution in [0.5, 0.6) is 0 Å². The van der Waals surface area contributed by atoms with Crippen molar-refractivity contribution in [2.45, 2.75) is 45.2 Å². The van der Waals surface area contributed by atoms with E-state index in [0.717, 1.165) is 26.1 Å². The highest BCUT2D eigenvalue weighted by molar-refractivity contribution is 7.09. The van der Waals surface area contributed by atoms with E-state index in [2.05, 4.69) is 31.1 Å². The molecule has 2 N–H and O–H groups in total. The third-order valence-electron chi connectivity index (χ3n) is 2.89. The van der Waals surface area contributed by atoms with Gasteiger partial charge in [-0.2, -0.15) is 0 Å². The average Bonchev–Trinajstić information content (AvgIpc) is 2.74. The van der Waals surface area contributed by atoms with Gasteiger partial charge in [0.25, 0.3) is 0 Å². The maximum atomic E-state index is 5.89. The molecule has 0 aromatic carbocycles. The molecule has 0 bridgehead atoms. The van der Waals surface area contributed by atoms with Crippen molar-refractivity contribution in [1.29, 1.82) is 0 Å². The molecule has 3 nitrogen and oxygen atoms in total. The number of rotatable bonds is 2. The Morgan fingerprint density at radius 1 is 1.53 bits per heavy atom. The monoisotopic (exact) mass is 275 g/mol. The standard InChI is InChI=1S/C12H21N3S.ClH/c1-12(2,3)11-14-10(8-16-11)7-15-5-4-9(13)6-15;/h8-9H,4-7,13H2,1-3H3;1H/t9-;/m0./s1. The van der Waals surface area contributed by atoms with Gasteiger partial charge in [0.2, 0.25) is 0 Å². The largest absolute Gasteiger partial charge is 0.326 e. The van der Waals surface area contributed by atoms with Crippen LogP contribution in [0.15, 0.2) is 5.38 Å². The number of hydrogen-bond acceptors (Lipinski definition) is 4. The lowest BCUT2D eigenvalue weighted by atomic mass is 9.98. The molecule has 0 unspecified atom stereocenters. The fourth-order valence-electron chi connectivity index (χ4n) is 1.96. The van der Waals surface area contributed by atoms with Crippen molar-refractivity contribution in [2.75, 3.05) is 13.1 Å². The second-order valence-corrected chi connectivity index (χ2v) is 6.54. The Balaban J connectivity index is 0.00000144. The number of nitrogens with zero attached hydrogens (tertiary/aromatic N) is 2. The lowest BCUT2D eigenvalue weighted by molar-refractivity contribution is 0.323. The SMILES string of the molecule is CC(C)(C)c1nc(CN2CC[C@H](N)C2)cs1.Cl. The zero-order chi connectivity index (χ0) is 11.8. The number of nitrogens with two attached hydrogens (primary N) is 1. The Morgan fingerprint density at radius 2 is 2.24 bits per heavy atom. The maximum absolute atomic E-state index is 5.89. The molecule has 1 aromatic rings. The smallest absolute Gasteiger partial charge is 0.0982 e. The zero-order valence-electron chi connectivity index (χ0n) is 10.8. The molecule has 1 saturated heterocycles. The van der Waals surface area contributed by atoms with Crippen LogP contribution in [0, 0.1) is 0 Å². The summed E-state index contributed by atoms with van der Waals surface area (Å²) in [6.45, 7) is 9.72. The quantitative estimate of drug-likeness (QED) is 0.901. The summed E-state index contributed by atoms with van der Waals surface area (Å²) in [5.41, 5.74) is 7.26. The summed E-state index contributed by atoms with van der Waals surface area (Å²) in [4.78, 5) is 7.10. The Bertz CT molecular complexity index is 359. The number of likely N-dealkylation sites (tertiary alicyclic amines) is 1. The molecule has 0 amide bonds. The van der Waals surface area contributed by atoms with Crippen LogP contribution < -0.4 is 5.73 Å². The highest BCUT2D eigenvalue weighted by Gasteiger charge is 2.22. The Morgan fingerprint density at radius 3 is 2.71 bits per heavy atom. The van der Waals surface area contributed by atoms with E-state index in [-0.39, 0.29) is 17.8 Å². The lowest BCUT2D eigenvalue weighted by Gasteiger charge is -2.15. The summed E-state index contributed by atoms with van der Waals surface area (Å²) >= 11 is 1.77. The molecule has 1 aliphatic heterocycles. The van der Waals surface area contributed by atoms with Crippen LogP contribution in [0.25, 0.3) is 0 Å². The fourth-order valence-corrected chi connectivity index (χ4v) is 2.86. The maximum Gasteiger partial charge on any atom is 0.0982 e. The second kappa shape index (κ2) is 5.65. The van der Waals surface area contributed by atoms with Crippen LogP contribution in [0.4, 0.5) is 0 Å². The number of hydrogen-bond donors (Lipinski definition) is 1. The minimum atomic E-state index is 0. The van der Waals surface area contributed by atoms with Crippen LogP contribution in [-0.2, 0) is 12.0 Å². The molecular formula is C12H22ClN3S. The highest BCUT2D eigenvalue weighted by Crippen LogP contribution is 2.26. The van der Waals surface area contributed by atoms with Gasteiger partial charge < -0.3 is 5.73 Å². The van der Waals surface area contributed by atoms with Crippen LogP contribution in [0.2, 0.25) is 0 Å². The summed E-state index contributed by atoms with van der Waals surface area (Å²) < 4.78 is 0. The van der Waals surface area contributed by atoms with Gasteiger partial charge in [0.15, 0.2) is 0 Å². The van der Waals surface area contributed by atoms with Crippen molar-refractivity contribution in [3.63, 3.8) is 0 Å². The van der Waals surface area contributed by atoms with E-state index in [1.807, 2.05) is 0 Å². The van der Waals surface area contributed by atoms with Gasteiger partial charge in [-0.05, 0) is 6.42 Å². The summed E-state index contributed by atoms with van der Waals surface area (Å²) in [6.07, 6.45) is 1.12. The van der Waals surface area contributed by atoms with Gasteiger partial charge in [-0.1, -0.05) is 20.8 Å². The van der Waals surface area contributed by atoms with Gasteiger partial charge in [-0.3, -0.25) is 4.90 Å².